The smallest absolute Gasteiger partial charge is 0.223 e. The van der Waals surface area contributed by atoms with Crippen molar-refractivity contribution >= 4 is 25.1 Å². The van der Waals surface area contributed by atoms with Crippen LogP contribution in [0.1, 0.15) is 38.2 Å². The van der Waals surface area contributed by atoms with Crippen molar-refractivity contribution < 1.29 is 4.79 Å². The van der Waals surface area contributed by atoms with Crippen LogP contribution in [0.3, 0.4) is 0 Å². The van der Waals surface area contributed by atoms with Crippen LogP contribution in [-0.4, -0.2) is 13.8 Å². The SMILES string of the molecule is BN1c2ccccc2C2(c3ccccc3C(=O)c3ccccc32)c2ccccc21. The van der Waals surface area contributed by atoms with Crippen molar-refractivity contribution in [2.75, 3.05) is 4.81 Å². The van der Waals surface area contributed by atoms with E-state index in [0.717, 1.165) is 22.3 Å². The van der Waals surface area contributed by atoms with Gasteiger partial charge in [-0.05, 0) is 34.4 Å². The first-order valence-corrected chi connectivity index (χ1v) is 9.91. The molecule has 1 spiro atoms. The Bertz CT molecular complexity index is 1210. The molecule has 0 aromatic heterocycles. The molecule has 136 valence electrons. The molecule has 29 heavy (non-hydrogen) atoms. The fourth-order valence-electron chi connectivity index (χ4n) is 5.33. The van der Waals surface area contributed by atoms with Crippen LogP contribution in [0.4, 0.5) is 11.4 Å². The van der Waals surface area contributed by atoms with Crippen LogP contribution in [-0.2, 0) is 5.41 Å². The predicted octanol–water partition coefficient (Wildman–Crippen LogP) is 4.61. The molecule has 1 aliphatic carbocycles. The van der Waals surface area contributed by atoms with E-state index >= 15 is 0 Å². The molecule has 6 rings (SSSR count). The minimum absolute atomic E-state index is 0.107. The number of rotatable bonds is 0. The summed E-state index contributed by atoms with van der Waals surface area (Å²) in [5.74, 6) is 0.107. The molecular formula is C26H18BNO. The fourth-order valence-corrected chi connectivity index (χ4v) is 5.33. The molecule has 0 radical (unpaired) electrons. The van der Waals surface area contributed by atoms with Gasteiger partial charge in [-0.2, -0.15) is 0 Å². The lowest BCUT2D eigenvalue weighted by Crippen LogP contribution is -2.42. The summed E-state index contributed by atoms with van der Waals surface area (Å²) in [5.41, 5.74) is 7.98. The van der Waals surface area contributed by atoms with Gasteiger partial charge in [0.25, 0.3) is 0 Å². The summed E-state index contributed by atoms with van der Waals surface area (Å²) in [4.78, 5) is 15.7. The maximum atomic E-state index is 13.4. The van der Waals surface area contributed by atoms with Gasteiger partial charge in [0.05, 0.1) is 5.41 Å². The summed E-state index contributed by atoms with van der Waals surface area (Å²) < 4.78 is 0. The molecule has 4 aromatic rings. The van der Waals surface area contributed by atoms with Gasteiger partial charge in [-0.3, -0.25) is 4.79 Å². The molecule has 0 N–H and O–H groups in total. The summed E-state index contributed by atoms with van der Waals surface area (Å²) in [6, 6.07) is 33.4. The molecule has 3 heteroatoms. The number of hydrogen-bond acceptors (Lipinski definition) is 2. The van der Waals surface area contributed by atoms with E-state index in [1.807, 2.05) is 36.4 Å². The van der Waals surface area contributed by atoms with E-state index < -0.39 is 5.41 Å². The number of nitrogens with zero attached hydrogens (tertiary/aromatic N) is 1. The quantitative estimate of drug-likeness (QED) is 0.371. The van der Waals surface area contributed by atoms with Gasteiger partial charge < -0.3 is 4.81 Å². The molecule has 2 aliphatic rings. The Kier molecular flexibility index (Phi) is 3.22. The topological polar surface area (TPSA) is 20.3 Å². The van der Waals surface area contributed by atoms with E-state index in [4.69, 9.17) is 0 Å². The third-order valence-corrected chi connectivity index (χ3v) is 6.49. The van der Waals surface area contributed by atoms with Gasteiger partial charge in [-0.1, -0.05) is 84.9 Å². The van der Waals surface area contributed by atoms with Crippen molar-refractivity contribution in [3.05, 3.63) is 130 Å². The third-order valence-electron chi connectivity index (χ3n) is 6.49. The first kappa shape index (κ1) is 16.4. The molecule has 0 bridgehead atoms. The van der Waals surface area contributed by atoms with Crippen LogP contribution in [0.5, 0.6) is 0 Å². The Morgan fingerprint density at radius 1 is 0.552 bits per heavy atom. The van der Waals surface area contributed by atoms with Crippen LogP contribution >= 0.6 is 0 Å². The molecule has 0 amide bonds. The van der Waals surface area contributed by atoms with E-state index in [1.165, 1.54) is 22.5 Å². The fraction of sp³-hybridized carbons (Fsp3) is 0.0385. The first-order chi connectivity index (χ1) is 14.2. The number of anilines is 2. The van der Waals surface area contributed by atoms with E-state index in [1.54, 1.807) is 0 Å². The highest BCUT2D eigenvalue weighted by Crippen LogP contribution is 2.58. The molecule has 0 fully saturated rings. The normalized spacial score (nSPS) is 15.3. The van der Waals surface area contributed by atoms with Crippen LogP contribution in [0.15, 0.2) is 97.1 Å². The summed E-state index contributed by atoms with van der Waals surface area (Å²) in [5, 5.41) is 0. The zero-order chi connectivity index (χ0) is 19.6. The van der Waals surface area contributed by atoms with Gasteiger partial charge in [0.1, 0.15) is 0 Å². The Hall–Kier alpha value is -3.59. The lowest BCUT2D eigenvalue weighted by atomic mass is 9.57. The number of benzene rings is 4. The number of para-hydroxylation sites is 2. The van der Waals surface area contributed by atoms with Crippen LogP contribution < -0.4 is 4.81 Å². The Morgan fingerprint density at radius 2 is 0.931 bits per heavy atom. The standard InChI is InChI=1S/C26H18BNO/c27-28-23-15-7-5-13-21(23)26(22-14-6-8-16-24(22)28)19-11-3-1-9-17(19)25(29)18-10-2-4-12-20(18)26/h1-16H,27H2. The van der Waals surface area contributed by atoms with Crippen molar-refractivity contribution in [2.45, 2.75) is 5.41 Å². The lowest BCUT2D eigenvalue weighted by Gasteiger charge is -2.48. The second-order valence-corrected chi connectivity index (χ2v) is 7.76. The van der Waals surface area contributed by atoms with Crippen molar-refractivity contribution in [2.24, 2.45) is 0 Å². The van der Waals surface area contributed by atoms with E-state index in [-0.39, 0.29) is 5.78 Å². The van der Waals surface area contributed by atoms with E-state index in [9.17, 15) is 4.79 Å². The summed E-state index contributed by atoms with van der Waals surface area (Å²) in [6.45, 7) is 0. The van der Waals surface area contributed by atoms with Gasteiger partial charge in [0, 0.05) is 22.5 Å². The molecule has 2 nitrogen and oxygen atoms in total. The van der Waals surface area contributed by atoms with Crippen LogP contribution in [0.2, 0.25) is 0 Å². The molecule has 4 aromatic carbocycles. The number of hydrogen-bond donors (Lipinski definition) is 0. The number of carbonyl (C=O) groups excluding carboxylic acids is 1. The van der Waals surface area contributed by atoms with Gasteiger partial charge in [0.15, 0.2) is 5.78 Å². The summed E-state index contributed by atoms with van der Waals surface area (Å²) in [7, 11) is 2.12. The van der Waals surface area contributed by atoms with Crippen LogP contribution in [0, 0.1) is 0 Å². The van der Waals surface area contributed by atoms with Crippen molar-refractivity contribution in [3.63, 3.8) is 0 Å². The number of fused-ring (bicyclic) bond motifs is 8. The zero-order valence-corrected chi connectivity index (χ0v) is 16.1. The molecule has 0 atom stereocenters. The average molecular weight is 371 g/mol. The summed E-state index contributed by atoms with van der Waals surface area (Å²) >= 11 is 0. The highest BCUT2D eigenvalue weighted by molar-refractivity contribution is 6.24. The highest BCUT2D eigenvalue weighted by Gasteiger charge is 2.50. The molecule has 0 saturated carbocycles. The maximum absolute atomic E-state index is 13.4. The van der Waals surface area contributed by atoms with Gasteiger partial charge >= 0.3 is 0 Å². The summed E-state index contributed by atoms with van der Waals surface area (Å²) in [6.07, 6.45) is 0. The third kappa shape index (κ3) is 1.90. The Labute approximate surface area is 170 Å². The molecule has 1 heterocycles. The molecular weight excluding hydrogens is 353 g/mol. The van der Waals surface area contributed by atoms with Crippen molar-refractivity contribution in [3.8, 4) is 0 Å². The van der Waals surface area contributed by atoms with E-state index in [2.05, 4.69) is 73.5 Å². The monoisotopic (exact) mass is 371 g/mol. The Morgan fingerprint density at radius 3 is 1.41 bits per heavy atom. The average Bonchev–Trinajstić information content (AvgIpc) is 2.79. The number of carbonyl (C=O) groups is 1. The van der Waals surface area contributed by atoms with Crippen LogP contribution in [0.25, 0.3) is 0 Å². The second kappa shape index (κ2) is 5.71. The maximum Gasteiger partial charge on any atom is 0.223 e. The molecule has 0 saturated heterocycles. The first-order valence-electron chi connectivity index (χ1n) is 9.91. The highest BCUT2D eigenvalue weighted by atomic mass is 16.1. The van der Waals surface area contributed by atoms with Gasteiger partial charge in [-0.25, -0.2) is 0 Å². The minimum atomic E-state index is -0.513. The largest absolute Gasteiger partial charge is 0.393 e. The number of ketones is 1. The lowest BCUT2D eigenvalue weighted by molar-refractivity contribution is 0.103. The minimum Gasteiger partial charge on any atom is -0.393 e. The molecule has 1 aliphatic heterocycles. The van der Waals surface area contributed by atoms with Gasteiger partial charge in [-0.15, -0.1) is 0 Å². The van der Waals surface area contributed by atoms with Crippen molar-refractivity contribution in [1.29, 1.82) is 0 Å². The predicted molar refractivity (Wildman–Crippen MR) is 119 cm³/mol. The Balaban J connectivity index is 1.89. The zero-order valence-electron chi connectivity index (χ0n) is 16.1. The van der Waals surface area contributed by atoms with Crippen molar-refractivity contribution in [1.82, 2.24) is 0 Å². The molecule has 0 unspecified atom stereocenters. The van der Waals surface area contributed by atoms with E-state index in [0.29, 0.717) is 0 Å². The van der Waals surface area contributed by atoms with Gasteiger partial charge in [0.2, 0.25) is 7.98 Å². The second-order valence-electron chi connectivity index (χ2n) is 7.76.